The molecule has 170 valence electrons. The highest BCUT2D eigenvalue weighted by molar-refractivity contribution is 5.93. The zero-order valence-electron chi connectivity index (χ0n) is 19.3. The second kappa shape index (κ2) is 9.87. The summed E-state index contributed by atoms with van der Waals surface area (Å²) >= 11 is 0. The first kappa shape index (κ1) is 21.8. The normalized spacial score (nSPS) is 13.3. The Morgan fingerprint density at radius 2 is 1.79 bits per heavy atom. The fraction of sp³-hybridized carbons (Fsp3) is 0.207. The molecule has 0 unspecified atom stereocenters. The summed E-state index contributed by atoms with van der Waals surface area (Å²) in [6.45, 7) is 3.29. The quantitative estimate of drug-likeness (QED) is 0.334. The summed E-state index contributed by atoms with van der Waals surface area (Å²) in [4.78, 5) is 19.5. The van der Waals surface area contributed by atoms with Crippen molar-refractivity contribution < 1.29 is 4.79 Å². The minimum absolute atomic E-state index is 0.0128. The van der Waals surface area contributed by atoms with E-state index < -0.39 is 0 Å². The lowest BCUT2D eigenvalue weighted by molar-refractivity contribution is -0.127. The van der Waals surface area contributed by atoms with Gasteiger partial charge in [-0.3, -0.25) is 14.5 Å². The first-order valence-electron chi connectivity index (χ1n) is 11.7. The minimum Gasteiger partial charge on any atom is -0.330 e. The monoisotopic (exact) mass is 448 g/mol. The summed E-state index contributed by atoms with van der Waals surface area (Å²) in [5.41, 5.74) is 6.14. The average Bonchev–Trinajstić information content (AvgIpc) is 3.63. The van der Waals surface area contributed by atoms with Crippen molar-refractivity contribution in [2.75, 3.05) is 0 Å². The Morgan fingerprint density at radius 3 is 2.50 bits per heavy atom. The highest BCUT2D eigenvalue weighted by Crippen LogP contribution is 2.29. The molecule has 2 aromatic carbocycles. The number of aryl methyl sites for hydroxylation is 1. The van der Waals surface area contributed by atoms with E-state index in [1.54, 1.807) is 12.3 Å². The Morgan fingerprint density at radius 1 is 1.03 bits per heavy atom. The fourth-order valence-electron chi connectivity index (χ4n) is 4.04. The third-order valence-corrected chi connectivity index (χ3v) is 6.04. The maximum Gasteiger partial charge on any atom is 0.247 e. The topological polar surface area (TPSA) is 51.0 Å². The molecule has 0 atom stereocenters. The molecule has 0 N–H and O–H groups in total. The van der Waals surface area contributed by atoms with Gasteiger partial charge in [-0.15, -0.1) is 0 Å². The molecular weight excluding hydrogens is 420 g/mol. The van der Waals surface area contributed by atoms with Crippen LogP contribution in [0.25, 0.3) is 17.3 Å². The van der Waals surface area contributed by atoms with Gasteiger partial charge in [-0.05, 0) is 43.5 Å². The van der Waals surface area contributed by atoms with Crippen LogP contribution in [-0.4, -0.2) is 31.6 Å². The van der Waals surface area contributed by atoms with Crippen LogP contribution in [0.15, 0.2) is 91.3 Å². The van der Waals surface area contributed by atoms with E-state index in [0.717, 1.165) is 35.4 Å². The molecule has 1 aliphatic rings. The number of hydrogen-bond acceptors (Lipinski definition) is 3. The zero-order chi connectivity index (χ0) is 23.3. The van der Waals surface area contributed by atoms with E-state index >= 15 is 0 Å². The Labute approximate surface area is 200 Å². The number of carbonyl (C=O) groups excluding carboxylic acids is 1. The second-order valence-electron chi connectivity index (χ2n) is 8.83. The first-order valence-corrected chi connectivity index (χ1v) is 11.7. The molecule has 4 aromatic rings. The molecular formula is C29H28N4O. The number of nitrogens with zero attached hydrogens (tertiary/aromatic N) is 4. The van der Waals surface area contributed by atoms with Crippen molar-refractivity contribution in [1.82, 2.24) is 19.7 Å². The van der Waals surface area contributed by atoms with Gasteiger partial charge in [0, 0.05) is 35.6 Å². The van der Waals surface area contributed by atoms with E-state index in [2.05, 4.69) is 48.3 Å². The lowest BCUT2D eigenvalue weighted by Crippen LogP contribution is -2.31. The van der Waals surface area contributed by atoms with Crippen molar-refractivity contribution in [1.29, 1.82) is 0 Å². The van der Waals surface area contributed by atoms with Gasteiger partial charge in [0.25, 0.3) is 0 Å². The number of pyridine rings is 1. The molecule has 1 fully saturated rings. The van der Waals surface area contributed by atoms with Crippen LogP contribution in [0, 0.1) is 6.92 Å². The molecule has 5 heteroatoms. The maximum atomic E-state index is 13.2. The summed E-state index contributed by atoms with van der Waals surface area (Å²) in [7, 11) is 0. The SMILES string of the molecule is Cc1ccc(-c2nn(Cc3ccccc3)cc2C=CC(=O)N(Cc2ccccn2)C2CC2)cc1. The molecule has 5 rings (SSSR count). The standard InChI is InChI=1S/C29H28N4O/c1-22-10-12-24(13-11-22)29-25(20-32(31-29)19-23-7-3-2-4-8-23)14-17-28(34)33(27-15-16-27)21-26-9-5-6-18-30-26/h2-14,17-18,20,27H,15-16,19,21H2,1H3. The predicted molar refractivity (Wildman–Crippen MR) is 135 cm³/mol. The molecule has 0 spiro atoms. The molecule has 1 aliphatic carbocycles. The van der Waals surface area contributed by atoms with E-state index in [1.165, 1.54) is 11.1 Å². The molecule has 2 aromatic heterocycles. The summed E-state index contributed by atoms with van der Waals surface area (Å²) in [6.07, 6.45) is 9.48. The molecule has 0 radical (unpaired) electrons. The van der Waals surface area contributed by atoms with Crippen LogP contribution in [0.2, 0.25) is 0 Å². The van der Waals surface area contributed by atoms with Crippen LogP contribution in [0.4, 0.5) is 0 Å². The van der Waals surface area contributed by atoms with Gasteiger partial charge in [-0.25, -0.2) is 0 Å². The highest BCUT2D eigenvalue weighted by Gasteiger charge is 2.31. The van der Waals surface area contributed by atoms with Gasteiger partial charge in [0.15, 0.2) is 0 Å². The number of aromatic nitrogens is 3. The van der Waals surface area contributed by atoms with Crippen molar-refractivity contribution in [3.8, 4) is 11.3 Å². The Hall–Kier alpha value is -3.99. The van der Waals surface area contributed by atoms with Crippen molar-refractivity contribution in [3.63, 3.8) is 0 Å². The van der Waals surface area contributed by atoms with E-state index in [-0.39, 0.29) is 5.91 Å². The van der Waals surface area contributed by atoms with Gasteiger partial charge in [0.2, 0.25) is 5.91 Å². The number of carbonyl (C=O) groups is 1. The molecule has 0 saturated heterocycles. The average molecular weight is 449 g/mol. The Bertz CT molecular complexity index is 1270. The number of rotatable bonds is 8. The Balaban J connectivity index is 1.41. The van der Waals surface area contributed by atoms with Crippen molar-refractivity contribution in [3.05, 3.63) is 114 Å². The molecule has 1 amide bonds. The van der Waals surface area contributed by atoms with Gasteiger partial charge in [-0.2, -0.15) is 5.10 Å². The van der Waals surface area contributed by atoms with Crippen LogP contribution >= 0.6 is 0 Å². The molecule has 1 saturated carbocycles. The highest BCUT2D eigenvalue weighted by atomic mass is 16.2. The fourth-order valence-corrected chi connectivity index (χ4v) is 4.04. The van der Waals surface area contributed by atoms with Crippen LogP contribution < -0.4 is 0 Å². The van der Waals surface area contributed by atoms with E-state index in [4.69, 9.17) is 5.10 Å². The molecule has 34 heavy (non-hydrogen) atoms. The van der Waals surface area contributed by atoms with Crippen LogP contribution in [0.3, 0.4) is 0 Å². The van der Waals surface area contributed by atoms with E-state index in [1.807, 2.05) is 58.3 Å². The number of benzene rings is 2. The predicted octanol–water partition coefficient (Wildman–Crippen LogP) is 5.51. The summed E-state index contributed by atoms with van der Waals surface area (Å²) in [5, 5.41) is 4.87. The van der Waals surface area contributed by atoms with Gasteiger partial charge in [0.05, 0.1) is 24.5 Å². The molecule has 2 heterocycles. The summed E-state index contributed by atoms with van der Waals surface area (Å²) in [5.74, 6) is 0.0128. The van der Waals surface area contributed by atoms with Gasteiger partial charge >= 0.3 is 0 Å². The van der Waals surface area contributed by atoms with Gasteiger partial charge in [0.1, 0.15) is 0 Å². The van der Waals surface area contributed by atoms with Crippen molar-refractivity contribution >= 4 is 12.0 Å². The van der Waals surface area contributed by atoms with Gasteiger partial charge in [-0.1, -0.05) is 66.2 Å². The maximum absolute atomic E-state index is 13.2. The number of hydrogen-bond donors (Lipinski definition) is 0. The van der Waals surface area contributed by atoms with E-state index in [0.29, 0.717) is 19.1 Å². The van der Waals surface area contributed by atoms with Crippen molar-refractivity contribution in [2.45, 2.75) is 38.9 Å². The smallest absolute Gasteiger partial charge is 0.247 e. The molecule has 0 aliphatic heterocycles. The largest absolute Gasteiger partial charge is 0.330 e. The van der Waals surface area contributed by atoms with Gasteiger partial charge < -0.3 is 4.90 Å². The molecule has 5 nitrogen and oxygen atoms in total. The third kappa shape index (κ3) is 5.31. The second-order valence-corrected chi connectivity index (χ2v) is 8.83. The summed E-state index contributed by atoms with van der Waals surface area (Å²) < 4.78 is 1.95. The van der Waals surface area contributed by atoms with Crippen molar-refractivity contribution in [2.24, 2.45) is 0 Å². The lowest BCUT2D eigenvalue weighted by atomic mass is 10.1. The summed E-state index contributed by atoms with van der Waals surface area (Å²) in [6, 6.07) is 24.7. The van der Waals surface area contributed by atoms with E-state index in [9.17, 15) is 4.79 Å². The first-order chi connectivity index (χ1) is 16.7. The minimum atomic E-state index is 0.0128. The Kier molecular flexibility index (Phi) is 6.34. The lowest BCUT2D eigenvalue weighted by Gasteiger charge is -2.20. The third-order valence-electron chi connectivity index (χ3n) is 6.04. The zero-order valence-corrected chi connectivity index (χ0v) is 19.3. The number of amides is 1. The van der Waals surface area contributed by atoms with Crippen LogP contribution in [0.5, 0.6) is 0 Å². The van der Waals surface area contributed by atoms with Crippen LogP contribution in [0.1, 0.15) is 35.2 Å². The van der Waals surface area contributed by atoms with Crippen LogP contribution in [-0.2, 0) is 17.9 Å². The molecule has 0 bridgehead atoms.